The van der Waals surface area contributed by atoms with Gasteiger partial charge in [-0.2, -0.15) is 0 Å². The Balaban J connectivity index is 2.24. The van der Waals surface area contributed by atoms with Gasteiger partial charge in [0.05, 0.1) is 5.69 Å². The molecule has 1 aromatic carbocycles. The lowest BCUT2D eigenvalue weighted by Crippen LogP contribution is -2.44. The molecule has 2 aromatic rings. The third kappa shape index (κ3) is 3.71. The molecule has 1 unspecified atom stereocenters. The van der Waals surface area contributed by atoms with Crippen molar-refractivity contribution in [2.45, 2.75) is 26.8 Å². The summed E-state index contributed by atoms with van der Waals surface area (Å²) >= 11 is 0. The largest absolute Gasteiger partial charge is 0.480 e. The average Bonchev–Trinajstić information content (AvgIpc) is 2.86. The Bertz CT molecular complexity index is 725. The van der Waals surface area contributed by atoms with Crippen LogP contribution in [0.4, 0.5) is 4.39 Å². The molecular formula is C15H17FN4O3. The van der Waals surface area contributed by atoms with E-state index in [9.17, 15) is 14.0 Å². The van der Waals surface area contributed by atoms with Gasteiger partial charge in [0.15, 0.2) is 0 Å². The van der Waals surface area contributed by atoms with Crippen LogP contribution in [0.15, 0.2) is 24.3 Å². The zero-order chi connectivity index (χ0) is 17.1. The quantitative estimate of drug-likeness (QED) is 0.871. The fourth-order valence-corrected chi connectivity index (χ4v) is 2.03. The van der Waals surface area contributed by atoms with Crippen molar-refractivity contribution < 1.29 is 19.1 Å². The molecule has 7 nitrogen and oxygen atoms in total. The summed E-state index contributed by atoms with van der Waals surface area (Å²) < 4.78 is 14.4. The summed E-state index contributed by atoms with van der Waals surface area (Å²) in [4.78, 5) is 27.3. The molecule has 0 aliphatic heterocycles. The monoisotopic (exact) mass is 320 g/mol. The van der Waals surface area contributed by atoms with Gasteiger partial charge >= 0.3 is 5.97 Å². The van der Waals surface area contributed by atoms with Gasteiger partial charge in [-0.3, -0.25) is 4.79 Å². The Hall–Kier alpha value is -2.77. The normalized spacial score (nSPS) is 12.2. The van der Waals surface area contributed by atoms with Gasteiger partial charge in [-0.05, 0) is 37.1 Å². The van der Waals surface area contributed by atoms with Crippen LogP contribution in [0.5, 0.6) is 0 Å². The standard InChI is InChI=1S/C15H17FN4O3/c1-8(2)12(15(22)23)18-14(21)13-17-9(3)20(19-13)11-6-4-10(16)5-7-11/h4-8,12H,1-3H3,(H,18,21)(H,22,23). The molecule has 0 fully saturated rings. The lowest BCUT2D eigenvalue weighted by Gasteiger charge is -2.16. The number of carbonyl (C=O) groups excluding carboxylic acids is 1. The molecular weight excluding hydrogens is 303 g/mol. The number of benzene rings is 1. The number of hydrogen-bond acceptors (Lipinski definition) is 4. The highest BCUT2D eigenvalue weighted by Gasteiger charge is 2.26. The number of carboxylic acids is 1. The molecule has 1 amide bonds. The minimum Gasteiger partial charge on any atom is -0.480 e. The Labute approximate surface area is 132 Å². The minimum atomic E-state index is -1.12. The summed E-state index contributed by atoms with van der Waals surface area (Å²) in [6.45, 7) is 5.02. The predicted molar refractivity (Wildman–Crippen MR) is 79.8 cm³/mol. The fourth-order valence-electron chi connectivity index (χ4n) is 2.03. The maximum Gasteiger partial charge on any atom is 0.326 e. The summed E-state index contributed by atoms with van der Waals surface area (Å²) in [5.41, 5.74) is 0.550. The molecule has 2 N–H and O–H groups in total. The Morgan fingerprint density at radius 3 is 2.39 bits per heavy atom. The fraction of sp³-hybridized carbons (Fsp3) is 0.333. The molecule has 0 aliphatic carbocycles. The van der Waals surface area contributed by atoms with Crippen LogP contribution < -0.4 is 5.32 Å². The summed E-state index contributed by atoms with van der Waals surface area (Å²) in [6, 6.07) is 4.53. The van der Waals surface area contributed by atoms with E-state index in [1.54, 1.807) is 20.8 Å². The predicted octanol–water partition coefficient (Wildman–Crippen LogP) is 1.55. The average molecular weight is 320 g/mol. The number of carboxylic acid groups (broad SMARTS) is 1. The molecule has 1 aromatic heterocycles. The first-order valence-electron chi connectivity index (χ1n) is 7.03. The van der Waals surface area contributed by atoms with E-state index in [0.29, 0.717) is 11.5 Å². The zero-order valence-electron chi connectivity index (χ0n) is 12.9. The van der Waals surface area contributed by atoms with Crippen LogP contribution in [-0.2, 0) is 4.79 Å². The molecule has 2 rings (SSSR count). The SMILES string of the molecule is Cc1nc(C(=O)NC(C(=O)O)C(C)C)nn1-c1ccc(F)cc1. The molecule has 23 heavy (non-hydrogen) atoms. The molecule has 0 radical (unpaired) electrons. The Morgan fingerprint density at radius 2 is 1.87 bits per heavy atom. The van der Waals surface area contributed by atoms with E-state index < -0.39 is 17.9 Å². The van der Waals surface area contributed by atoms with Crippen molar-refractivity contribution in [3.63, 3.8) is 0 Å². The third-order valence-electron chi connectivity index (χ3n) is 3.26. The molecule has 0 spiro atoms. The summed E-state index contributed by atoms with van der Waals surface area (Å²) in [5.74, 6) is -2.17. The van der Waals surface area contributed by atoms with Crippen LogP contribution in [0.2, 0.25) is 0 Å². The number of carbonyl (C=O) groups is 2. The van der Waals surface area contributed by atoms with E-state index in [4.69, 9.17) is 5.11 Å². The van der Waals surface area contributed by atoms with E-state index in [2.05, 4.69) is 15.4 Å². The van der Waals surface area contributed by atoms with Crippen LogP contribution in [0.3, 0.4) is 0 Å². The molecule has 1 heterocycles. The number of amides is 1. The van der Waals surface area contributed by atoms with Gasteiger partial charge in [-0.15, -0.1) is 5.10 Å². The first-order chi connectivity index (χ1) is 10.8. The molecule has 0 bridgehead atoms. The van der Waals surface area contributed by atoms with E-state index >= 15 is 0 Å². The number of nitrogens with zero attached hydrogens (tertiary/aromatic N) is 3. The highest BCUT2D eigenvalue weighted by molar-refractivity contribution is 5.93. The Morgan fingerprint density at radius 1 is 1.26 bits per heavy atom. The topological polar surface area (TPSA) is 97.1 Å². The summed E-state index contributed by atoms with van der Waals surface area (Å²) in [7, 11) is 0. The van der Waals surface area contributed by atoms with Crippen LogP contribution >= 0.6 is 0 Å². The van der Waals surface area contributed by atoms with E-state index in [-0.39, 0.29) is 17.6 Å². The number of hydrogen-bond donors (Lipinski definition) is 2. The second kappa shape index (κ2) is 6.55. The smallest absolute Gasteiger partial charge is 0.326 e. The number of halogens is 1. The van der Waals surface area contributed by atoms with Crippen LogP contribution in [0.1, 0.15) is 30.3 Å². The van der Waals surface area contributed by atoms with Crippen molar-refractivity contribution in [3.05, 3.63) is 41.7 Å². The second-order valence-corrected chi connectivity index (χ2v) is 5.40. The van der Waals surface area contributed by atoms with Crippen molar-refractivity contribution in [3.8, 4) is 5.69 Å². The highest BCUT2D eigenvalue weighted by Crippen LogP contribution is 2.11. The number of aryl methyl sites for hydroxylation is 1. The maximum atomic E-state index is 13.0. The van der Waals surface area contributed by atoms with Crippen LogP contribution in [0.25, 0.3) is 5.69 Å². The van der Waals surface area contributed by atoms with Crippen molar-refractivity contribution in [2.24, 2.45) is 5.92 Å². The maximum absolute atomic E-state index is 13.0. The molecule has 0 aliphatic rings. The van der Waals surface area contributed by atoms with E-state index in [1.807, 2.05) is 0 Å². The third-order valence-corrected chi connectivity index (χ3v) is 3.26. The van der Waals surface area contributed by atoms with E-state index in [0.717, 1.165) is 0 Å². The van der Waals surface area contributed by atoms with E-state index in [1.165, 1.54) is 28.9 Å². The number of nitrogens with one attached hydrogen (secondary N) is 1. The lowest BCUT2D eigenvalue weighted by molar-refractivity contribution is -0.140. The van der Waals surface area contributed by atoms with Crippen molar-refractivity contribution in [2.75, 3.05) is 0 Å². The number of aromatic nitrogens is 3. The van der Waals surface area contributed by atoms with Crippen molar-refractivity contribution in [1.82, 2.24) is 20.1 Å². The second-order valence-electron chi connectivity index (χ2n) is 5.40. The summed E-state index contributed by atoms with van der Waals surface area (Å²) in [5, 5.41) is 15.6. The van der Waals surface area contributed by atoms with Gasteiger partial charge in [-0.25, -0.2) is 18.9 Å². The van der Waals surface area contributed by atoms with Gasteiger partial charge in [0.2, 0.25) is 5.82 Å². The molecule has 0 saturated carbocycles. The first kappa shape index (κ1) is 16.6. The molecule has 0 saturated heterocycles. The molecule has 122 valence electrons. The zero-order valence-corrected chi connectivity index (χ0v) is 12.9. The van der Waals surface area contributed by atoms with Crippen LogP contribution in [-0.4, -0.2) is 37.8 Å². The van der Waals surface area contributed by atoms with Gasteiger partial charge in [0.25, 0.3) is 5.91 Å². The highest BCUT2D eigenvalue weighted by atomic mass is 19.1. The Kier molecular flexibility index (Phi) is 4.73. The number of rotatable bonds is 5. The van der Waals surface area contributed by atoms with Gasteiger partial charge < -0.3 is 10.4 Å². The minimum absolute atomic E-state index is 0.140. The molecule has 1 atom stereocenters. The van der Waals surface area contributed by atoms with Crippen molar-refractivity contribution in [1.29, 1.82) is 0 Å². The van der Waals surface area contributed by atoms with Gasteiger partial charge in [0.1, 0.15) is 17.7 Å². The van der Waals surface area contributed by atoms with Crippen molar-refractivity contribution >= 4 is 11.9 Å². The first-order valence-corrected chi connectivity index (χ1v) is 7.03. The summed E-state index contributed by atoms with van der Waals surface area (Å²) in [6.07, 6.45) is 0. The number of aliphatic carboxylic acids is 1. The van der Waals surface area contributed by atoms with Gasteiger partial charge in [0, 0.05) is 0 Å². The van der Waals surface area contributed by atoms with Gasteiger partial charge in [-0.1, -0.05) is 13.8 Å². The lowest BCUT2D eigenvalue weighted by atomic mass is 10.1. The molecule has 8 heteroatoms. The van der Waals surface area contributed by atoms with Crippen LogP contribution in [0, 0.1) is 18.7 Å².